The molecule has 0 unspecified atom stereocenters. The first-order valence-corrected chi connectivity index (χ1v) is 12.1. The molecular formula is C24H23ClN2O5S. The fraction of sp³-hybridized carbons (Fsp3) is 0.208. The minimum Gasteiger partial charge on any atom is -0.486 e. The third-order valence-corrected chi connectivity index (χ3v) is 7.17. The van der Waals surface area contributed by atoms with Gasteiger partial charge < -0.3 is 14.8 Å². The van der Waals surface area contributed by atoms with Gasteiger partial charge in [-0.1, -0.05) is 35.4 Å². The summed E-state index contributed by atoms with van der Waals surface area (Å²) in [6.45, 7) is 4.08. The Hall–Kier alpha value is -3.23. The van der Waals surface area contributed by atoms with Gasteiger partial charge >= 0.3 is 0 Å². The summed E-state index contributed by atoms with van der Waals surface area (Å²) in [5.74, 6) is 0.605. The molecule has 33 heavy (non-hydrogen) atoms. The van der Waals surface area contributed by atoms with Crippen LogP contribution in [0.4, 0.5) is 11.4 Å². The summed E-state index contributed by atoms with van der Waals surface area (Å²) in [7, 11) is -4.04. The number of amides is 1. The Morgan fingerprint density at radius 1 is 0.970 bits per heavy atom. The fourth-order valence-electron chi connectivity index (χ4n) is 3.44. The number of carbonyl (C=O) groups excluding carboxylic acids is 1. The van der Waals surface area contributed by atoms with E-state index in [1.807, 2.05) is 6.92 Å². The lowest BCUT2D eigenvalue weighted by atomic mass is 10.2. The van der Waals surface area contributed by atoms with Gasteiger partial charge in [-0.3, -0.25) is 9.10 Å². The van der Waals surface area contributed by atoms with Gasteiger partial charge in [0.15, 0.2) is 11.5 Å². The number of hydrogen-bond acceptors (Lipinski definition) is 5. The molecule has 1 aliphatic heterocycles. The van der Waals surface area contributed by atoms with E-state index in [0.29, 0.717) is 46.7 Å². The zero-order valence-electron chi connectivity index (χ0n) is 18.2. The van der Waals surface area contributed by atoms with Crippen LogP contribution < -0.4 is 19.1 Å². The van der Waals surface area contributed by atoms with E-state index in [0.717, 1.165) is 9.87 Å². The molecule has 0 saturated carbocycles. The third-order valence-electron chi connectivity index (χ3n) is 5.16. The molecule has 1 aliphatic rings. The van der Waals surface area contributed by atoms with Crippen molar-refractivity contribution in [3.8, 4) is 11.5 Å². The van der Waals surface area contributed by atoms with E-state index >= 15 is 0 Å². The Kier molecular flexibility index (Phi) is 6.49. The standard InChI is InChI=1S/C24H23ClN2O5S/c1-16-3-8-20(9-4-16)33(29,30)27(21-13-18(25)6-5-17(21)2)15-24(28)26-19-7-10-22-23(14-19)32-12-11-31-22/h3-10,13-14H,11-12,15H2,1-2H3,(H,26,28). The van der Waals surface area contributed by atoms with Gasteiger partial charge in [-0.15, -0.1) is 0 Å². The van der Waals surface area contributed by atoms with Crippen molar-refractivity contribution in [2.75, 3.05) is 29.4 Å². The second-order valence-corrected chi connectivity index (χ2v) is 9.96. The molecule has 0 radical (unpaired) electrons. The molecule has 0 atom stereocenters. The van der Waals surface area contributed by atoms with Crippen molar-refractivity contribution in [3.05, 3.63) is 76.8 Å². The molecule has 3 aromatic rings. The number of carbonyl (C=O) groups is 1. The van der Waals surface area contributed by atoms with Gasteiger partial charge in [0.1, 0.15) is 19.8 Å². The highest BCUT2D eigenvalue weighted by Crippen LogP contribution is 2.33. The summed E-state index contributed by atoms with van der Waals surface area (Å²) in [6, 6.07) is 16.4. The number of anilines is 2. The molecule has 0 aliphatic carbocycles. The Morgan fingerprint density at radius 2 is 1.67 bits per heavy atom. The van der Waals surface area contributed by atoms with Gasteiger partial charge in [-0.05, 0) is 55.8 Å². The smallest absolute Gasteiger partial charge is 0.264 e. The van der Waals surface area contributed by atoms with Crippen molar-refractivity contribution < 1.29 is 22.7 Å². The van der Waals surface area contributed by atoms with E-state index in [2.05, 4.69) is 5.32 Å². The summed E-state index contributed by atoms with van der Waals surface area (Å²) in [5.41, 5.74) is 2.40. The Labute approximate surface area is 197 Å². The number of nitrogens with one attached hydrogen (secondary N) is 1. The number of ether oxygens (including phenoxy) is 2. The van der Waals surface area contributed by atoms with Crippen LogP contribution in [0.2, 0.25) is 5.02 Å². The molecule has 1 N–H and O–H groups in total. The number of aryl methyl sites for hydroxylation is 2. The Balaban J connectivity index is 1.65. The zero-order valence-corrected chi connectivity index (χ0v) is 19.7. The van der Waals surface area contributed by atoms with Crippen LogP contribution in [0, 0.1) is 13.8 Å². The van der Waals surface area contributed by atoms with Gasteiger partial charge in [-0.25, -0.2) is 8.42 Å². The van der Waals surface area contributed by atoms with Gasteiger partial charge in [0.05, 0.1) is 10.6 Å². The number of rotatable bonds is 6. The van der Waals surface area contributed by atoms with E-state index in [4.69, 9.17) is 21.1 Å². The third kappa shape index (κ3) is 5.07. The summed E-state index contributed by atoms with van der Waals surface area (Å²) in [6.07, 6.45) is 0. The Bertz CT molecular complexity index is 1290. The van der Waals surface area contributed by atoms with Crippen LogP contribution >= 0.6 is 11.6 Å². The van der Waals surface area contributed by atoms with Crippen molar-refractivity contribution in [3.63, 3.8) is 0 Å². The molecule has 0 aromatic heterocycles. The number of benzene rings is 3. The minimum absolute atomic E-state index is 0.0830. The molecule has 172 valence electrons. The van der Waals surface area contributed by atoms with Crippen molar-refractivity contribution in [2.45, 2.75) is 18.7 Å². The predicted octanol–water partition coefficient (Wildman–Crippen LogP) is 4.56. The number of hydrogen-bond donors (Lipinski definition) is 1. The maximum Gasteiger partial charge on any atom is 0.264 e. The van der Waals surface area contributed by atoms with Gasteiger partial charge in [-0.2, -0.15) is 0 Å². The van der Waals surface area contributed by atoms with E-state index in [9.17, 15) is 13.2 Å². The lowest BCUT2D eigenvalue weighted by Gasteiger charge is -2.26. The maximum absolute atomic E-state index is 13.6. The van der Waals surface area contributed by atoms with Crippen molar-refractivity contribution in [2.24, 2.45) is 0 Å². The maximum atomic E-state index is 13.6. The largest absolute Gasteiger partial charge is 0.486 e. The quantitative estimate of drug-likeness (QED) is 0.552. The number of fused-ring (bicyclic) bond motifs is 1. The predicted molar refractivity (Wildman–Crippen MR) is 128 cm³/mol. The Morgan fingerprint density at radius 3 is 2.39 bits per heavy atom. The monoisotopic (exact) mass is 486 g/mol. The van der Waals surface area contributed by atoms with Gasteiger partial charge in [0.25, 0.3) is 10.0 Å². The SMILES string of the molecule is Cc1ccc(S(=O)(=O)N(CC(=O)Nc2ccc3c(c2)OCCO3)c2cc(Cl)ccc2C)cc1. The molecule has 1 heterocycles. The molecule has 0 spiro atoms. The average molecular weight is 487 g/mol. The van der Waals surface area contributed by atoms with Crippen LogP contribution in [0.3, 0.4) is 0 Å². The van der Waals surface area contributed by atoms with Crippen LogP contribution in [-0.4, -0.2) is 34.1 Å². The number of sulfonamides is 1. The number of nitrogens with zero attached hydrogens (tertiary/aromatic N) is 1. The van der Waals surface area contributed by atoms with Crippen molar-refractivity contribution in [1.82, 2.24) is 0 Å². The normalized spacial score (nSPS) is 12.8. The van der Waals surface area contributed by atoms with Crippen LogP contribution in [0.1, 0.15) is 11.1 Å². The van der Waals surface area contributed by atoms with Crippen LogP contribution in [-0.2, 0) is 14.8 Å². The van der Waals surface area contributed by atoms with E-state index in [1.54, 1.807) is 55.5 Å². The molecule has 7 nitrogen and oxygen atoms in total. The summed E-state index contributed by atoms with van der Waals surface area (Å²) < 4.78 is 39.2. The second kappa shape index (κ2) is 9.33. The summed E-state index contributed by atoms with van der Waals surface area (Å²) >= 11 is 6.16. The minimum atomic E-state index is -4.04. The van der Waals surface area contributed by atoms with E-state index in [-0.39, 0.29) is 4.90 Å². The molecule has 0 bridgehead atoms. The second-order valence-electron chi connectivity index (χ2n) is 7.66. The first kappa shape index (κ1) is 22.9. The zero-order chi connectivity index (χ0) is 23.6. The van der Waals surface area contributed by atoms with Crippen LogP contribution in [0.15, 0.2) is 65.6 Å². The summed E-state index contributed by atoms with van der Waals surface area (Å²) in [5, 5.41) is 3.11. The highest BCUT2D eigenvalue weighted by atomic mass is 35.5. The summed E-state index contributed by atoms with van der Waals surface area (Å²) in [4.78, 5) is 13.1. The molecule has 4 rings (SSSR count). The molecule has 3 aromatic carbocycles. The van der Waals surface area contributed by atoms with E-state index < -0.39 is 22.5 Å². The molecule has 0 saturated heterocycles. The highest BCUT2D eigenvalue weighted by Gasteiger charge is 2.28. The van der Waals surface area contributed by atoms with E-state index in [1.165, 1.54) is 12.1 Å². The molecule has 0 fully saturated rings. The highest BCUT2D eigenvalue weighted by molar-refractivity contribution is 7.92. The van der Waals surface area contributed by atoms with Crippen LogP contribution in [0.5, 0.6) is 11.5 Å². The van der Waals surface area contributed by atoms with Gasteiger partial charge in [0.2, 0.25) is 5.91 Å². The fourth-order valence-corrected chi connectivity index (χ4v) is 5.08. The lowest BCUT2D eigenvalue weighted by Crippen LogP contribution is -2.38. The average Bonchev–Trinajstić information content (AvgIpc) is 2.79. The molecule has 1 amide bonds. The van der Waals surface area contributed by atoms with Crippen LogP contribution in [0.25, 0.3) is 0 Å². The topological polar surface area (TPSA) is 84.9 Å². The van der Waals surface area contributed by atoms with Gasteiger partial charge in [0, 0.05) is 16.8 Å². The van der Waals surface area contributed by atoms with Crippen molar-refractivity contribution >= 4 is 38.9 Å². The lowest BCUT2D eigenvalue weighted by molar-refractivity contribution is -0.114. The first-order valence-electron chi connectivity index (χ1n) is 10.3. The number of halogens is 1. The molecule has 9 heteroatoms. The first-order chi connectivity index (χ1) is 15.7. The van der Waals surface area contributed by atoms with Crippen molar-refractivity contribution in [1.29, 1.82) is 0 Å². The molecular weight excluding hydrogens is 464 g/mol.